The van der Waals surface area contributed by atoms with Gasteiger partial charge in [0.05, 0.1) is 11.9 Å². The molecule has 0 spiro atoms. The number of anilines is 1. The lowest BCUT2D eigenvalue weighted by Crippen LogP contribution is -2.12. The number of nitrogens with zero attached hydrogens (tertiary/aromatic N) is 4. The quantitative estimate of drug-likeness (QED) is 0.742. The minimum Gasteiger partial charge on any atom is -0.321 e. The van der Waals surface area contributed by atoms with Crippen LogP contribution in [0.15, 0.2) is 60.0 Å². The van der Waals surface area contributed by atoms with Crippen LogP contribution in [-0.4, -0.2) is 25.4 Å². The zero-order chi connectivity index (χ0) is 14.7. The Morgan fingerprint density at radius 1 is 1.19 bits per heavy atom. The summed E-state index contributed by atoms with van der Waals surface area (Å²) in [6.45, 7) is 0. The molecule has 1 N–H and O–H groups in total. The third kappa shape index (κ3) is 3.14. The smallest absolute Gasteiger partial charge is 0.255 e. The third-order valence-corrected chi connectivity index (χ3v) is 3.20. The van der Waals surface area contributed by atoms with Crippen LogP contribution in [0.1, 0.15) is 10.4 Å². The van der Waals surface area contributed by atoms with E-state index in [2.05, 4.69) is 36.2 Å². The Hall–Kier alpha value is -2.54. The van der Waals surface area contributed by atoms with Gasteiger partial charge in [0.1, 0.15) is 16.7 Å². The molecule has 0 fully saturated rings. The summed E-state index contributed by atoms with van der Waals surface area (Å²) in [5.74, 6) is 0.521. The van der Waals surface area contributed by atoms with Gasteiger partial charge in [-0.2, -0.15) is 0 Å². The van der Waals surface area contributed by atoms with Crippen molar-refractivity contribution in [3.8, 4) is 5.82 Å². The average molecular weight is 344 g/mol. The Morgan fingerprint density at radius 3 is 2.76 bits per heavy atom. The monoisotopic (exact) mass is 343 g/mol. The lowest BCUT2D eigenvalue weighted by Gasteiger charge is -2.06. The van der Waals surface area contributed by atoms with Crippen molar-refractivity contribution in [2.75, 3.05) is 5.32 Å². The minimum atomic E-state index is -0.213. The fraction of sp³-hybridized carbons (Fsp3) is 0. The van der Waals surface area contributed by atoms with E-state index in [1.807, 2.05) is 0 Å². The molecule has 0 aromatic carbocycles. The summed E-state index contributed by atoms with van der Waals surface area (Å²) in [6.07, 6.45) is 8.31. The average Bonchev–Trinajstić information content (AvgIpc) is 3.02. The Kier molecular flexibility index (Phi) is 3.74. The number of imidazole rings is 1. The van der Waals surface area contributed by atoms with Crippen LogP contribution >= 0.6 is 15.9 Å². The first-order chi connectivity index (χ1) is 10.2. The highest BCUT2D eigenvalue weighted by molar-refractivity contribution is 9.10. The maximum absolute atomic E-state index is 12.1. The molecular formula is C14H10BrN5O. The van der Waals surface area contributed by atoms with Gasteiger partial charge in [-0.05, 0) is 40.2 Å². The van der Waals surface area contributed by atoms with Crippen molar-refractivity contribution in [3.63, 3.8) is 0 Å². The maximum atomic E-state index is 12.1. The highest BCUT2D eigenvalue weighted by Gasteiger charge is 2.07. The zero-order valence-electron chi connectivity index (χ0n) is 10.8. The fourth-order valence-corrected chi connectivity index (χ4v) is 2.12. The number of aromatic nitrogens is 4. The molecule has 3 aromatic rings. The lowest BCUT2D eigenvalue weighted by atomic mass is 10.2. The summed E-state index contributed by atoms with van der Waals surface area (Å²) in [4.78, 5) is 24.3. The van der Waals surface area contributed by atoms with Crippen molar-refractivity contribution >= 4 is 27.5 Å². The normalized spacial score (nSPS) is 10.3. The van der Waals surface area contributed by atoms with Crippen molar-refractivity contribution < 1.29 is 4.79 Å². The number of carbonyl (C=O) groups is 1. The van der Waals surface area contributed by atoms with Gasteiger partial charge in [-0.25, -0.2) is 15.0 Å². The number of rotatable bonds is 3. The van der Waals surface area contributed by atoms with Gasteiger partial charge in [-0.1, -0.05) is 0 Å². The van der Waals surface area contributed by atoms with E-state index in [9.17, 15) is 4.79 Å². The van der Waals surface area contributed by atoms with Crippen LogP contribution in [0.5, 0.6) is 0 Å². The summed E-state index contributed by atoms with van der Waals surface area (Å²) in [6, 6.07) is 6.90. The molecule has 0 atom stereocenters. The number of hydrogen-bond acceptors (Lipinski definition) is 4. The Labute approximate surface area is 129 Å². The number of hydrogen-bond donors (Lipinski definition) is 1. The van der Waals surface area contributed by atoms with Gasteiger partial charge in [-0.15, -0.1) is 0 Å². The largest absolute Gasteiger partial charge is 0.321 e. The molecule has 0 aliphatic heterocycles. The van der Waals surface area contributed by atoms with Crippen LogP contribution in [0.4, 0.5) is 5.69 Å². The second-order valence-corrected chi connectivity index (χ2v) is 5.01. The lowest BCUT2D eigenvalue weighted by molar-refractivity contribution is 0.102. The van der Waals surface area contributed by atoms with Crippen LogP contribution in [-0.2, 0) is 0 Å². The summed E-state index contributed by atoms with van der Waals surface area (Å²) in [5, 5.41) is 2.78. The van der Waals surface area contributed by atoms with E-state index in [-0.39, 0.29) is 5.91 Å². The second-order valence-electron chi connectivity index (χ2n) is 4.20. The fourth-order valence-electron chi connectivity index (χ4n) is 1.75. The zero-order valence-corrected chi connectivity index (χ0v) is 12.4. The van der Waals surface area contributed by atoms with E-state index in [1.54, 1.807) is 59.9 Å². The van der Waals surface area contributed by atoms with Crippen molar-refractivity contribution in [1.29, 1.82) is 0 Å². The number of halogens is 1. The molecule has 21 heavy (non-hydrogen) atoms. The van der Waals surface area contributed by atoms with Crippen LogP contribution in [0.2, 0.25) is 0 Å². The highest BCUT2D eigenvalue weighted by Crippen LogP contribution is 2.13. The molecule has 0 bridgehead atoms. The first-order valence-corrected chi connectivity index (χ1v) is 6.89. The molecule has 3 aromatic heterocycles. The van der Waals surface area contributed by atoms with E-state index in [4.69, 9.17) is 0 Å². The van der Waals surface area contributed by atoms with Crippen molar-refractivity contribution in [1.82, 2.24) is 19.5 Å². The first-order valence-electron chi connectivity index (χ1n) is 6.10. The molecule has 7 heteroatoms. The Bertz CT molecular complexity index is 755. The Balaban J connectivity index is 1.75. The topological polar surface area (TPSA) is 72.7 Å². The third-order valence-electron chi connectivity index (χ3n) is 2.76. The molecule has 0 aliphatic rings. The molecule has 0 saturated carbocycles. The van der Waals surface area contributed by atoms with Gasteiger partial charge in [0.15, 0.2) is 0 Å². The maximum Gasteiger partial charge on any atom is 0.255 e. The first kappa shape index (κ1) is 13.4. The van der Waals surface area contributed by atoms with E-state index < -0.39 is 0 Å². The number of amides is 1. The van der Waals surface area contributed by atoms with Gasteiger partial charge in [0.25, 0.3) is 5.91 Å². The molecule has 104 valence electrons. The molecule has 6 nitrogen and oxygen atoms in total. The van der Waals surface area contributed by atoms with E-state index in [1.165, 1.54) is 0 Å². The van der Waals surface area contributed by atoms with E-state index >= 15 is 0 Å². The van der Waals surface area contributed by atoms with Crippen LogP contribution in [0, 0.1) is 0 Å². The second kappa shape index (κ2) is 5.84. The summed E-state index contributed by atoms with van der Waals surface area (Å²) < 4.78 is 2.40. The predicted octanol–water partition coefficient (Wildman–Crippen LogP) is 2.68. The number of carbonyl (C=O) groups excluding carboxylic acids is 1. The van der Waals surface area contributed by atoms with Crippen LogP contribution < -0.4 is 5.32 Å². The number of nitrogens with one attached hydrogen (secondary N) is 1. The summed E-state index contributed by atoms with van der Waals surface area (Å²) >= 11 is 3.24. The molecule has 0 radical (unpaired) electrons. The van der Waals surface area contributed by atoms with E-state index in [0.29, 0.717) is 15.9 Å². The Morgan fingerprint density at radius 2 is 2.10 bits per heavy atom. The molecule has 0 saturated heterocycles. The molecule has 1 amide bonds. The van der Waals surface area contributed by atoms with Crippen molar-refractivity contribution in [2.45, 2.75) is 0 Å². The van der Waals surface area contributed by atoms with E-state index in [0.717, 1.165) is 5.82 Å². The highest BCUT2D eigenvalue weighted by atomic mass is 79.9. The van der Waals surface area contributed by atoms with Crippen LogP contribution in [0.3, 0.4) is 0 Å². The molecule has 0 aliphatic carbocycles. The molecule has 0 unspecified atom stereocenters. The molecule has 3 heterocycles. The van der Waals surface area contributed by atoms with Gasteiger partial charge >= 0.3 is 0 Å². The number of pyridine rings is 2. The minimum absolute atomic E-state index is 0.213. The van der Waals surface area contributed by atoms with Gasteiger partial charge in [0, 0.05) is 24.2 Å². The molecule has 3 rings (SSSR count). The SMILES string of the molecule is O=C(Nc1ccc(-n2ccnc2)nc1)c1ccnc(Br)c1. The summed E-state index contributed by atoms with van der Waals surface area (Å²) in [7, 11) is 0. The molecular weight excluding hydrogens is 334 g/mol. The van der Waals surface area contributed by atoms with Gasteiger partial charge in [-0.3, -0.25) is 9.36 Å². The predicted molar refractivity (Wildman–Crippen MR) is 81.2 cm³/mol. The van der Waals surface area contributed by atoms with Gasteiger partial charge in [0.2, 0.25) is 0 Å². The van der Waals surface area contributed by atoms with Crippen LogP contribution in [0.25, 0.3) is 5.82 Å². The van der Waals surface area contributed by atoms with Crippen molar-refractivity contribution in [3.05, 3.63) is 65.5 Å². The van der Waals surface area contributed by atoms with Crippen molar-refractivity contribution in [2.24, 2.45) is 0 Å². The van der Waals surface area contributed by atoms with Gasteiger partial charge < -0.3 is 5.32 Å². The standard InChI is InChI=1S/C14H10BrN5O/c15-12-7-10(3-4-17-12)14(21)19-11-1-2-13(18-8-11)20-6-5-16-9-20/h1-9H,(H,19,21). The summed E-state index contributed by atoms with van der Waals surface area (Å²) in [5.41, 5.74) is 1.15.